The number of rotatable bonds is 6. The van der Waals surface area contributed by atoms with Crippen molar-refractivity contribution in [3.05, 3.63) is 88.4 Å². The van der Waals surface area contributed by atoms with Crippen LogP contribution >= 0.6 is 23.2 Å². The summed E-state index contributed by atoms with van der Waals surface area (Å²) in [4.78, 5) is 25.0. The van der Waals surface area contributed by atoms with Gasteiger partial charge in [-0.15, -0.1) is 0 Å². The monoisotopic (exact) mass is 424 g/mol. The summed E-state index contributed by atoms with van der Waals surface area (Å²) in [5.74, 6) is -1.69. The zero-order valence-corrected chi connectivity index (χ0v) is 16.4. The highest BCUT2D eigenvalue weighted by atomic mass is 35.5. The molecule has 1 N–H and O–H groups in total. The number of hydrogen-bond acceptors (Lipinski definition) is 4. The minimum atomic E-state index is -1.48. The van der Waals surface area contributed by atoms with Gasteiger partial charge in [0.25, 0.3) is 0 Å². The molecule has 144 valence electrons. The number of amides is 1. The maximum atomic E-state index is 12.6. The summed E-state index contributed by atoms with van der Waals surface area (Å²) in [6.07, 6.45) is 0. The molecule has 1 atom stereocenters. The highest BCUT2D eigenvalue weighted by molar-refractivity contribution is 6.31. The van der Waals surface area contributed by atoms with Crippen LogP contribution in [0.3, 0.4) is 0 Å². The van der Waals surface area contributed by atoms with Gasteiger partial charge >= 0.3 is 0 Å². The number of ketones is 1. The van der Waals surface area contributed by atoms with Gasteiger partial charge in [-0.2, -0.15) is 5.26 Å². The molecule has 3 rings (SSSR count). The van der Waals surface area contributed by atoms with Crippen molar-refractivity contribution in [3.63, 3.8) is 0 Å². The van der Waals surface area contributed by atoms with Crippen molar-refractivity contribution in [2.45, 2.75) is 0 Å². The van der Waals surface area contributed by atoms with E-state index in [4.69, 9.17) is 27.9 Å². The molecule has 3 aromatic carbocycles. The summed E-state index contributed by atoms with van der Waals surface area (Å²) in [6.45, 7) is 0. The van der Waals surface area contributed by atoms with E-state index in [9.17, 15) is 14.9 Å². The number of nitrogens with zero attached hydrogens (tertiary/aromatic N) is 1. The van der Waals surface area contributed by atoms with Crippen molar-refractivity contribution >= 4 is 40.6 Å². The van der Waals surface area contributed by atoms with Crippen LogP contribution in [-0.4, -0.2) is 11.7 Å². The van der Waals surface area contributed by atoms with Crippen LogP contribution in [0, 0.1) is 17.2 Å². The number of nitriles is 1. The van der Waals surface area contributed by atoms with Gasteiger partial charge in [0.05, 0.1) is 6.07 Å². The second-order valence-corrected chi connectivity index (χ2v) is 6.88. The third kappa shape index (κ3) is 5.35. The summed E-state index contributed by atoms with van der Waals surface area (Å²) >= 11 is 11.6. The molecule has 29 heavy (non-hydrogen) atoms. The molecule has 0 radical (unpaired) electrons. The second kappa shape index (κ2) is 9.24. The van der Waals surface area contributed by atoms with Gasteiger partial charge in [-0.3, -0.25) is 9.59 Å². The van der Waals surface area contributed by atoms with Gasteiger partial charge in [-0.25, -0.2) is 0 Å². The van der Waals surface area contributed by atoms with E-state index in [2.05, 4.69) is 5.32 Å². The summed E-state index contributed by atoms with van der Waals surface area (Å²) in [7, 11) is 0. The predicted molar refractivity (Wildman–Crippen MR) is 111 cm³/mol. The molecule has 0 aliphatic carbocycles. The molecule has 0 saturated carbocycles. The number of Topliss-reactive ketones (excluding diaryl/α,β-unsaturated/α-hetero) is 1. The molecule has 0 heterocycles. The van der Waals surface area contributed by atoms with E-state index >= 15 is 0 Å². The molecule has 3 aromatic rings. The Hall–Kier alpha value is -3.33. The Morgan fingerprint density at radius 2 is 1.31 bits per heavy atom. The summed E-state index contributed by atoms with van der Waals surface area (Å²) < 4.78 is 5.67. The fraction of sp³-hybridized carbons (Fsp3) is 0.0455. The van der Waals surface area contributed by atoms with Crippen LogP contribution in [0.2, 0.25) is 10.0 Å². The Bertz CT molecular complexity index is 1060. The molecule has 0 spiro atoms. The third-order valence-corrected chi connectivity index (χ3v) is 4.46. The third-order valence-electron chi connectivity index (χ3n) is 3.95. The Morgan fingerprint density at radius 3 is 1.83 bits per heavy atom. The molecular weight excluding hydrogens is 411 g/mol. The minimum Gasteiger partial charge on any atom is -0.457 e. The fourth-order valence-electron chi connectivity index (χ4n) is 2.48. The zero-order valence-electron chi connectivity index (χ0n) is 14.9. The number of hydrogen-bond donors (Lipinski definition) is 1. The maximum Gasteiger partial charge on any atom is 0.249 e. The van der Waals surface area contributed by atoms with Crippen LogP contribution in [-0.2, 0) is 4.79 Å². The van der Waals surface area contributed by atoms with E-state index in [0.29, 0.717) is 27.2 Å². The predicted octanol–water partition coefficient (Wildman–Crippen LogP) is 5.75. The Balaban J connectivity index is 1.68. The van der Waals surface area contributed by atoms with Crippen LogP contribution in [0.15, 0.2) is 72.8 Å². The smallest absolute Gasteiger partial charge is 0.249 e. The van der Waals surface area contributed by atoms with Crippen molar-refractivity contribution < 1.29 is 14.3 Å². The van der Waals surface area contributed by atoms with E-state index in [0.717, 1.165) is 0 Å². The number of carbonyl (C=O) groups excluding carboxylic acids is 2. The number of anilines is 1. The number of carbonyl (C=O) groups is 2. The molecule has 0 aromatic heterocycles. The lowest BCUT2D eigenvalue weighted by molar-refractivity contribution is -0.117. The van der Waals surface area contributed by atoms with Crippen molar-refractivity contribution in [2.75, 3.05) is 5.32 Å². The normalized spacial score (nSPS) is 11.2. The first-order valence-electron chi connectivity index (χ1n) is 8.50. The zero-order chi connectivity index (χ0) is 20.8. The van der Waals surface area contributed by atoms with E-state index in [-0.39, 0.29) is 5.56 Å². The molecule has 0 aliphatic heterocycles. The van der Waals surface area contributed by atoms with Crippen LogP contribution in [0.4, 0.5) is 5.69 Å². The number of halogens is 2. The van der Waals surface area contributed by atoms with Crippen LogP contribution in [0.25, 0.3) is 0 Å². The Kier molecular flexibility index (Phi) is 6.50. The Labute approximate surface area is 177 Å². The average Bonchev–Trinajstić information content (AvgIpc) is 2.72. The minimum absolute atomic E-state index is 0.228. The van der Waals surface area contributed by atoms with Crippen LogP contribution < -0.4 is 10.1 Å². The summed E-state index contributed by atoms with van der Waals surface area (Å²) in [6, 6.07) is 21.2. The van der Waals surface area contributed by atoms with Crippen molar-refractivity contribution in [1.82, 2.24) is 0 Å². The van der Waals surface area contributed by atoms with Crippen LogP contribution in [0.1, 0.15) is 10.4 Å². The van der Waals surface area contributed by atoms with Crippen molar-refractivity contribution in [3.8, 4) is 17.6 Å². The highest BCUT2D eigenvalue weighted by Gasteiger charge is 2.27. The van der Waals surface area contributed by atoms with Gasteiger partial charge in [0, 0.05) is 21.3 Å². The van der Waals surface area contributed by atoms with Crippen molar-refractivity contribution in [1.29, 1.82) is 5.26 Å². The van der Waals surface area contributed by atoms with Gasteiger partial charge in [0.1, 0.15) is 11.5 Å². The first kappa shape index (κ1) is 20.4. The quantitative estimate of drug-likeness (QED) is 0.403. The molecule has 0 saturated heterocycles. The van der Waals surface area contributed by atoms with E-state index < -0.39 is 17.6 Å². The van der Waals surface area contributed by atoms with Crippen LogP contribution in [0.5, 0.6) is 11.5 Å². The molecular formula is C22H14Cl2N2O3. The maximum absolute atomic E-state index is 12.6. The van der Waals surface area contributed by atoms with Crippen molar-refractivity contribution in [2.24, 2.45) is 5.92 Å². The van der Waals surface area contributed by atoms with E-state index in [1.54, 1.807) is 66.7 Å². The van der Waals surface area contributed by atoms with Gasteiger partial charge in [0.2, 0.25) is 5.91 Å². The Morgan fingerprint density at radius 1 is 0.828 bits per heavy atom. The topological polar surface area (TPSA) is 79.2 Å². The lowest BCUT2D eigenvalue weighted by Gasteiger charge is -2.11. The lowest BCUT2D eigenvalue weighted by atomic mass is 9.98. The van der Waals surface area contributed by atoms with Gasteiger partial charge in [-0.05, 0) is 72.8 Å². The van der Waals surface area contributed by atoms with E-state index in [1.165, 1.54) is 12.1 Å². The second-order valence-electron chi connectivity index (χ2n) is 6.00. The molecule has 7 heteroatoms. The summed E-state index contributed by atoms with van der Waals surface area (Å²) in [5.41, 5.74) is 0.672. The first-order valence-corrected chi connectivity index (χ1v) is 9.25. The molecule has 0 bridgehead atoms. The standard InChI is InChI=1S/C22H14Cl2N2O3/c23-15-3-7-17(8-4-15)26-22(28)20(13-25)21(27)14-1-9-18(10-2-14)29-19-11-5-16(24)6-12-19/h1-12,20H,(H,26,28). The first-order chi connectivity index (χ1) is 14.0. The van der Waals surface area contributed by atoms with Gasteiger partial charge in [-0.1, -0.05) is 23.2 Å². The summed E-state index contributed by atoms with van der Waals surface area (Å²) in [5, 5.41) is 13.0. The van der Waals surface area contributed by atoms with E-state index in [1.807, 2.05) is 0 Å². The van der Waals surface area contributed by atoms with Gasteiger partial charge < -0.3 is 10.1 Å². The molecule has 0 aliphatic rings. The SMILES string of the molecule is N#CC(C(=O)Nc1ccc(Cl)cc1)C(=O)c1ccc(Oc2ccc(Cl)cc2)cc1. The largest absolute Gasteiger partial charge is 0.457 e. The molecule has 1 unspecified atom stereocenters. The number of ether oxygens (including phenoxy) is 1. The number of nitrogens with one attached hydrogen (secondary N) is 1. The molecule has 1 amide bonds. The lowest BCUT2D eigenvalue weighted by Crippen LogP contribution is -2.28. The number of benzene rings is 3. The fourth-order valence-corrected chi connectivity index (χ4v) is 2.73. The van der Waals surface area contributed by atoms with Gasteiger partial charge in [0.15, 0.2) is 11.7 Å². The highest BCUT2D eigenvalue weighted by Crippen LogP contribution is 2.24. The molecule has 5 nitrogen and oxygen atoms in total. The molecule has 0 fully saturated rings. The average molecular weight is 425 g/mol.